The van der Waals surface area contributed by atoms with Crippen molar-refractivity contribution in [3.8, 4) is 0 Å². The van der Waals surface area contributed by atoms with E-state index in [0.717, 1.165) is 25.1 Å². The van der Waals surface area contributed by atoms with Crippen LogP contribution in [-0.4, -0.2) is 28.9 Å². The van der Waals surface area contributed by atoms with Gasteiger partial charge in [0.25, 0.3) is 0 Å². The smallest absolute Gasteiger partial charge is 0.230 e. The van der Waals surface area contributed by atoms with Gasteiger partial charge in [-0.3, -0.25) is 9.78 Å². The molecular weight excluding hydrogens is 284 g/mol. The van der Waals surface area contributed by atoms with Gasteiger partial charge in [0.15, 0.2) is 0 Å². The summed E-state index contributed by atoms with van der Waals surface area (Å²) in [4.78, 5) is 19.3. The Bertz CT molecular complexity index is 639. The van der Waals surface area contributed by atoms with E-state index in [0.29, 0.717) is 11.8 Å². The van der Waals surface area contributed by atoms with Gasteiger partial charge in [-0.05, 0) is 29.5 Å². The molecule has 2 unspecified atom stereocenters. The monoisotopic (exact) mass is 308 g/mol. The average molecular weight is 308 g/mol. The molecule has 23 heavy (non-hydrogen) atoms. The van der Waals surface area contributed by atoms with Gasteiger partial charge in [-0.25, -0.2) is 0 Å². The third kappa shape index (κ3) is 3.44. The fourth-order valence-electron chi connectivity index (χ4n) is 3.52. The fraction of sp³-hybridized carbons (Fsp3) is 0.400. The molecule has 0 saturated carbocycles. The molecule has 1 aromatic heterocycles. The normalized spacial score (nSPS) is 19.1. The van der Waals surface area contributed by atoms with E-state index >= 15 is 0 Å². The molecule has 1 aliphatic heterocycles. The van der Waals surface area contributed by atoms with Gasteiger partial charge in [0.2, 0.25) is 5.91 Å². The van der Waals surface area contributed by atoms with Gasteiger partial charge in [-0.2, -0.15) is 0 Å². The predicted molar refractivity (Wildman–Crippen MR) is 92.2 cm³/mol. The Morgan fingerprint density at radius 3 is 2.61 bits per heavy atom. The zero-order valence-electron chi connectivity index (χ0n) is 13.9. The van der Waals surface area contributed by atoms with Gasteiger partial charge in [0, 0.05) is 31.4 Å². The molecule has 1 fully saturated rings. The van der Waals surface area contributed by atoms with Crippen molar-refractivity contribution in [1.82, 2.24) is 9.88 Å². The molecule has 3 heteroatoms. The van der Waals surface area contributed by atoms with Crippen LogP contribution in [0.5, 0.6) is 0 Å². The van der Waals surface area contributed by atoms with Crippen LogP contribution in [0.3, 0.4) is 0 Å². The molecule has 0 radical (unpaired) electrons. The van der Waals surface area contributed by atoms with Crippen molar-refractivity contribution in [2.45, 2.75) is 32.1 Å². The number of pyridine rings is 1. The van der Waals surface area contributed by atoms with Crippen LogP contribution in [0, 0.1) is 5.92 Å². The number of carbonyl (C=O) groups is 1. The quantitative estimate of drug-likeness (QED) is 0.860. The van der Waals surface area contributed by atoms with Crippen molar-refractivity contribution in [1.29, 1.82) is 0 Å². The van der Waals surface area contributed by atoms with Gasteiger partial charge in [0.1, 0.15) is 0 Å². The highest BCUT2D eigenvalue weighted by Gasteiger charge is 2.33. The number of carbonyl (C=O) groups excluding carboxylic acids is 1. The van der Waals surface area contributed by atoms with E-state index < -0.39 is 0 Å². The highest BCUT2D eigenvalue weighted by Crippen LogP contribution is 2.32. The molecule has 1 aliphatic rings. The lowest BCUT2D eigenvalue weighted by Crippen LogP contribution is -2.35. The number of hydrogen-bond donors (Lipinski definition) is 0. The molecule has 0 bridgehead atoms. The minimum absolute atomic E-state index is 0.0520. The fourth-order valence-corrected chi connectivity index (χ4v) is 3.52. The summed E-state index contributed by atoms with van der Waals surface area (Å²) in [6, 6.07) is 14.2. The second-order valence-electron chi connectivity index (χ2n) is 6.69. The lowest BCUT2D eigenvalue weighted by atomic mass is 9.87. The van der Waals surface area contributed by atoms with Crippen molar-refractivity contribution >= 4 is 5.91 Å². The van der Waals surface area contributed by atoms with Gasteiger partial charge in [-0.15, -0.1) is 0 Å². The molecule has 3 rings (SSSR count). The van der Waals surface area contributed by atoms with E-state index in [1.807, 2.05) is 35.4 Å². The van der Waals surface area contributed by atoms with Crippen LogP contribution in [0.4, 0.5) is 0 Å². The Hall–Kier alpha value is -2.16. The van der Waals surface area contributed by atoms with Crippen LogP contribution in [0.25, 0.3) is 0 Å². The number of benzene rings is 1. The summed E-state index contributed by atoms with van der Waals surface area (Å²) in [7, 11) is 0. The topological polar surface area (TPSA) is 33.2 Å². The molecular formula is C20H24N2O. The van der Waals surface area contributed by atoms with Crippen molar-refractivity contribution in [3.05, 3.63) is 66.0 Å². The molecule has 1 saturated heterocycles. The summed E-state index contributed by atoms with van der Waals surface area (Å²) in [6.07, 6.45) is 4.75. The number of rotatable bonds is 4. The van der Waals surface area contributed by atoms with E-state index in [9.17, 15) is 4.79 Å². The third-order valence-corrected chi connectivity index (χ3v) is 4.75. The molecule has 0 spiro atoms. The number of nitrogens with zero attached hydrogens (tertiary/aromatic N) is 2. The van der Waals surface area contributed by atoms with Crippen molar-refractivity contribution < 1.29 is 4.79 Å². The highest BCUT2D eigenvalue weighted by molar-refractivity contribution is 5.84. The largest absolute Gasteiger partial charge is 0.342 e. The van der Waals surface area contributed by atoms with Gasteiger partial charge in [0.05, 0.1) is 5.92 Å². The summed E-state index contributed by atoms with van der Waals surface area (Å²) in [5.74, 6) is 0.917. The van der Waals surface area contributed by atoms with Crippen LogP contribution in [0.1, 0.15) is 43.2 Å². The van der Waals surface area contributed by atoms with Crippen LogP contribution < -0.4 is 0 Å². The van der Waals surface area contributed by atoms with Gasteiger partial charge < -0.3 is 4.90 Å². The maximum atomic E-state index is 13.1. The molecule has 1 aromatic carbocycles. The second kappa shape index (κ2) is 6.95. The summed E-state index contributed by atoms with van der Waals surface area (Å²) < 4.78 is 0. The third-order valence-electron chi connectivity index (χ3n) is 4.75. The van der Waals surface area contributed by atoms with Crippen LogP contribution in [0.15, 0.2) is 54.9 Å². The van der Waals surface area contributed by atoms with Crippen LogP contribution >= 0.6 is 0 Å². The molecule has 2 aromatic rings. The van der Waals surface area contributed by atoms with Crippen molar-refractivity contribution in [3.63, 3.8) is 0 Å². The average Bonchev–Trinajstić information content (AvgIpc) is 3.06. The molecule has 1 amide bonds. The number of amides is 1. The molecule has 0 aliphatic carbocycles. The van der Waals surface area contributed by atoms with Crippen LogP contribution in [-0.2, 0) is 4.79 Å². The Balaban J connectivity index is 1.75. The highest BCUT2D eigenvalue weighted by atomic mass is 16.2. The van der Waals surface area contributed by atoms with E-state index in [1.165, 1.54) is 5.56 Å². The minimum Gasteiger partial charge on any atom is -0.342 e. The first-order valence-electron chi connectivity index (χ1n) is 8.40. The lowest BCUT2D eigenvalue weighted by Gasteiger charge is -2.26. The Kier molecular flexibility index (Phi) is 4.75. The van der Waals surface area contributed by atoms with E-state index in [4.69, 9.17) is 0 Å². The molecule has 3 nitrogen and oxygen atoms in total. The zero-order chi connectivity index (χ0) is 16.2. The first kappa shape index (κ1) is 15.7. The van der Waals surface area contributed by atoms with Gasteiger partial charge >= 0.3 is 0 Å². The Morgan fingerprint density at radius 2 is 1.96 bits per heavy atom. The summed E-state index contributed by atoms with van der Waals surface area (Å²) in [6.45, 7) is 5.91. The first-order valence-corrected chi connectivity index (χ1v) is 8.40. The maximum absolute atomic E-state index is 13.1. The van der Waals surface area contributed by atoms with E-state index in [-0.39, 0.29) is 11.8 Å². The second-order valence-corrected chi connectivity index (χ2v) is 6.69. The van der Waals surface area contributed by atoms with Crippen LogP contribution in [0.2, 0.25) is 0 Å². The summed E-state index contributed by atoms with van der Waals surface area (Å²) in [5, 5.41) is 0. The predicted octanol–water partition coefficient (Wildman–Crippen LogP) is 3.84. The standard InChI is InChI=1S/C20H24N2O/c1-15(2)19(16-7-4-3-5-8-16)20(23)22-12-10-18(14-22)17-9-6-11-21-13-17/h3-9,11,13,15,18-19H,10,12,14H2,1-2H3. The molecule has 2 heterocycles. The first-order chi connectivity index (χ1) is 11.2. The maximum Gasteiger partial charge on any atom is 0.230 e. The minimum atomic E-state index is -0.0520. The summed E-state index contributed by atoms with van der Waals surface area (Å²) in [5.41, 5.74) is 2.36. The number of hydrogen-bond acceptors (Lipinski definition) is 2. The summed E-state index contributed by atoms with van der Waals surface area (Å²) >= 11 is 0. The molecule has 0 N–H and O–H groups in total. The zero-order valence-corrected chi connectivity index (χ0v) is 13.9. The van der Waals surface area contributed by atoms with E-state index in [2.05, 4.69) is 37.0 Å². The van der Waals surface area contributed by atoms with E-state index in [1.54, 1.807) is 6.20 Å². The number of aromatic nitrogens is 1. The molecule has 2 atom stereocenters. The molecule has 120 valence electrons. The Morgan fingerprint density at radius 1 is 1.17 bits per heavy atom. The lowest BCUT2D eigenvalue weighted by molar-refractivity contribution is -0.132. The van der Waals surface area contributed by atoms with Crippen molar-refractivity contribution in [2.75, 3.05) is 13.1 Å². The number of likely N-dealkylation sites (tertiary alicyclic amines) is 1. The van der Waals surface area contributed by atoms with Crippen molar-refractivity contribution in [2.24, 2.45) is 5.92 Å². The SMILES string of the molecule is CC(C)C(C(=O)N1CCC(c2cccnc2)C1)c1ccccc1. The van der Waals surface area contributed by atoms with Gasteiger partial charge in [-0.1, -0.05) is 50.2 Å². The Labute approximate surface area is 138 Å².